The summed E-state index contributed by atoms with van der Waals surface area (Å²) in [5.41, 5.74) is 9.18. The normalized spacial score (nSPS) is 10.9. The van der Waals surface area contributed by atoms with Crippen molar-refractivity contribution < 1.29 is 0 Å². The Balaban J connectivity index is 1.88. The summed E-state index contributed by atoms with van der Waals surface area (Å²) in [5.74, 6) is 0.899. The molecule has 0 fully saturated rings. The number of H-pyrrole nitrogens is 1. The minimum absolute atomic E-state index is 0.899. The predicted octanol–water partition coefficient (Wildman–Crippen LogP) is 6.34. The number of hydrogen-bond donors (Lipinski definition) is 1. The number of rotatable bonds is 3. The van der Waals surface area contributed by atoms with Crippen molar-refractivity contribution in [2.45, 2.75) is 20.8 Å². The fourth-order valence-corrected chi connectivity index (χ4v) is 3.07. The van der Waals surface area contributed by atoms with Crippen molar-refractivity contribution in [1.29, 1.82) is 0 Å². The Morgan fingerprint density at radius 2 is 0.962 bits per heavy atom. The largest absolute Gasteiger partial charge is 0.337 e. The predicted molar refractivity (Wildman–Crippen MR) is 109 cm³/mol. The molecule has 0 amide bonds. The molecule has 0 aliphatic carbocycles. The van der Waals surface area contributed by atoms with E-state index in [2.05, 4.69) is 98.6 Å². The van der Waals surface area contributed by atoms with Crippen LogP contribution in [0.25, 0.3) is 33.9 Å². The standard InChI is InChI=1S/C24H22N2/c1-16-4-10-19(11-5-16)22-23(20-12-6-17(2)7-13-20)26-24(25-22)21-14-8-18(3)9-15-21/h4-15H,1-3H3,(H,25,26). The van der Waals surface area contributed by atoms with E-state index in [9.17, 15) is 0 Å². The molecule has 1 aromatic heterocycles. The molecule has 0 saturated carbocycles. The van der Waals surface area contributed by atoms with Crippen molar-refractivity contribution in [2.24, 2.45) is 0 Å². The molecule has 0 radical (unpaired) electrons. The second kappa shape index (κ2) is 6.64. The SMILES string of the molecule is Cc1ccc(-c2nc(-c3ccc(C)cc3)c(-c3ccc(C)cc3)[nH]2)cc1. The summed E-state index contributed by atoms with van der Waals surface area (Å²) in [5, 5.41) is 0. The summed E-state index contributed by atoms with van der Waals surface area (Å²) in [6.07, 6.45) is 0. The lowest BCUT2D eigenvalue weighted by atomic mass is 10.0. The van der Waals surface area contributed by atoms with Crippen LogP contribution in [0, 0.1) is 20.8 Å². The maximum Gasteiger partial charge on any atom is 0.138 e. The van der Waals surface area contributed by atoms with E-state index in [1.807, 2.05) is 0 Å². The fourth-order valence-electron chi connectivity index (χ4n) is 3.07. The zero-order chi connectivity index (χ0) is 18.1. The molecule has 0 aliphatic heterocycles. The van der Waals surface area contributed by atoms with Gasteiger partial charge in [0, 0.05) is 16.7 Å². The number of nitrogens with zero attached hydrogens (tertiary/aromatic N) is 1. The van der Waals surface area contributed by atoms with Gasteiger partial charge in [0.05, 0.1) is 11.4 Å². The average molecular weight is 338 g/mol. The molecule has 4 aromatic rings. The summed E-state index contributed by atoms with van der Waals surface area (Å²) >= 11 is 0. The van der Waals surface area contributed by atoms with Crippen LogP contribution in [0.3, 0.4) is 0 Å². The molecular weight excluding hydrogens is 316 g/mol. The topological polar surface area (TPSA) is 28.7 Å². The number of aromatic amines is 1. The van der Waals surface area contributed by atoms with Crippen LogP contribution in [-0.4, -0.2) is 9.97 Å². The van der Waals surface area contributed by atoms with Gasteiger partial charge in [-0.15, -0.1) is 0 Å². The third-order valence-corrected chi connectivity index (χ3v) is 4.69. The minimum atomic E-state index is 0.899. The van der Waals surface area contributed by atoms with Gasteiger partial charge in [-0.2, -0.15) is 0 Å². The quantitative estimate of drug-likeness (QED) is 0.464. The molecule has 0 saturated heterocycles. The lowest BCUT2D eigenvalue weighted by Crippen LogP contribution is -1.84. The highest BCUT2D eigenvalue weighted by atomic mass is 14.9. The van der Waals surface area contributed by atoms with E-state index in [0.29, 0.717) is 0 Å². The van der Waals surface area contributed by atoms with Gasteiger partial charge >= 0.3 is 0 Å². The molecule has 0 bridgehead atoms. The number of benzene rings is 3. The lowest BCUT2D eigenvalue weighted by molar-refractivity contribution is 1.30. The van der Waals surface area contributed by atoms with Crippen LogP contribution in [0.1, 0.15) is 16.7 Å². The zero-order valence-corrected chi connectivity index (χ0v) is 15.4. The van der Waals surface area contributed by atoms with Crippen molar-refractivity contribution in [3.05, 3.63) is 89.5 Å². The van der Waals surface area contributed by atoms with Crippen molar-refractivity contribution in [3.8, 4) is 33.9 Å². The van der Waals surface area contributed by atoms with E-state index in [1.165, 1.54) is 16.7 Å². The van der Waals surface area contributed by atoms with Gasteiger partial charge in [-0.3, -0.25) is 0 Å². The van der Waals surface area contributed by atoms with Gasteiger partial charge in [0.1, 0.15) is 5.82 Å². The van der Waals surface area contributed by atoms with E-state index >= 15 is 0 Å². The van der Waals surface area contributed by atoms with Gasteiger partial charge in [0.2, 0.25) is 0 Å². The molecular formula is C24H22N2. The Morgan fingerprint density at radius 3 is 1.46 bits per heavy atom. The van der Waals surface area contributed by atoms with Gasteiger partial charge in [-0.05, 0) is 20.8 Å². The first-order valence-corrected chi connectivity index (χ1v) is 8.91. The van der Waals surface area contributed by atoms with Crippen LogP contribution >= 0.6 is 0 Å². The molecule has 128 valence electrons. The van der Waals surface area contributed by atoms with Crippen LogP contribution in [0.15, 0.2) is 72.8 Å². The zero-order valence-electron chi connectivity index (χ0n) is 15.4. The Bertz CT molecular complexity index is 958. The van der Waals surface area contributed by atoms with Crippen molar-refractivity contribution in [1.82, 2.24) is 9.97 Å². The molecule has 26 heavy (non-hydrogen) atoms. The fraction of sp³-hybridized carbons (Fsp3) is 0.125. The summed E-state index contributed by atoms with van der Waals surface area (Å²) in [6.45, 7) is 6.31. The number of aromatic nitrogens is 2. The van der Waals surface area contributed by atoms with Gasteiger partial charge in [-0.1, -0.05) is 89.5 Å². The Kier molecular flexibility index (Phi) is 4.18. The maximum atomic E-state index is 4.95. The first-order chi connectivity index (χ1) is 12.6. The highest BCUT2D eigenvalue weighted by molar-refractivity contribution is 5.81. The molecule has 1 N–H and O–H groups in total. The van der Waals surface area contributed by atoms with E-state index in [1.54, 1.807) is 0 Å². The van der Waals surface area contributed by atoms with E-state index in [-0.39, 0.29) is 0 Å². The summed E-state index contributed by atoms with van der Waals surface area (Å²) in [7, 11) is 0. The van der Waals surface area contributed by atoms with Crippen molar-refractivity contribution >= 4 is 0 Å². The molecule has 1 heterocycles. The summed E-state index contributed by atoms with van der Waals surface area (Å²) in [4.78, 5) is 8.51. The minimum Gasteiger partial charge on any atom is -0.337 e. The smallest absolute Gasteiger partial charge is 0.138 e. The molecule has 0 atom stereocenters. The molecule has 3 aromatic carbocycles. The maximum absolute atomic E-state index is 4.95. The van der Waals surface area contributed by atoms with Gasteiger partial charge in [-0.25, -0.2) is 4.98 Å². The molecule has 2 heteroatoms. The lowest BCUT2D eigenvalue weighted by Gasteiger charge is -2.04. The number of nitrogens with one attached hydrogen (secondary N) is 1. The third kappa shape index (κ3) is 3.18. The number of aryl methyl sites for hydroxylation is 3. The van der Waals surface area contributed by atoms with Crippen LogP contribution < -0.4 is 0 Å². The molecule has 0 spiro atoms. The molecule has 2 nitrogen and oxygen atoms in total. The second-order valence-electron chi connectivity index (χ2n) is 6.91. The Morgan fingerprint density at radius 1 is 0.538 bits per heavy atom. The monoisotopic (exact) mass is 338 g/mol. The van der Waals surface area contributed by atoms with Crippen LogP contribution in [0.2, 0.25) is 0 Å². The highest BCUT2D eigenvalue weighted by Gasteiger charge is 2.15. The molecule has 0 aliphatic rings. The Labute approximate surface area is 154 Å². The van der Waals surface area contributed by atoms with E-state index in [0.717, 1.165) is 33.9 Å². The first kappa shape index (κ1) is 16.3. The van der Waals surface area contributed by atoms with Crippen LogP contribution in [0.5, 0.6) is 0 Å². The second-order valence-corrected chi connectivity index (χ2v) is 6.91. The highest BCUT2D eigenvalue weighted by Crippen LogP contribution is 2.33. The van der Waals surface area contributed by atoms with Crippen molar-refractivity contribution in [3.63, 3.8) is 0 Å². The Hall–Kier alpha value is -3.13. The summed E-state index contributed by atoms with van der Waals surface area (Å²) < 4.78 is 0. The third-order valence-electron chi connectivity index (χ3n) is 4.69. The molecule has 4 rings (SSSR count). The van der Waals surface area contributed by atoms with E-state index in [4.69, 9.17) is 4.98 Å². The van der Waals surface area contributed by atoms with Gasteiger partial charge < -0.3 is 4.98 Å². The van der Waals surface area contributed by atoms with Crippen LogP contribution in [0.4, 0.5) is 0 Å². The average Bonchev–Trinajstić information content (AvgIpc) is 3.09. The van der Waals surface area contributed by atoms with Crippen molar-refractivity contribution in [2.75, 3.05) is 0 Å². The van der Waals surface area contributed by atoms with Crippen LogP contribution in [-0.2, 0) is 0 Å². The van der Waals surface area contributed by atoms with E-state index < -0.39 is 0 Å². The number of hydrogen-bond acceptors (Lipinski definition) is 1. The van der Waals surface area contributed by atoms with Gasteiger partial charge in [0.25, 0.3) is 0 Å². The number of imidazole rings is 1. The summed E-state index contributed by atoms with van der Waals surface area (Å²) in [6, 6.07) is 25.6. The van der Waals surface area contributed by atoms with Gasteiger partial charge in [0.15, 0.2) is 0 Å². The first-order valence-electron chi connectivity index (χ1n) is 8.91. The molecule has 0 unspecified atom stereocenters.